The Balaban J connectivity index is 1.81. The zero-order valence-corrected chi connectivity index (χ0v) is 13.1. The molecule has 134 valence electrons. The minimum atomic E-state index is -0.938. The second-order valence-corrected chi connectivity index (χ2v) is 5.38. The average molecular weight is 363 g/mol. The lowest BCUT2D eigenvalue weighted by Gasteiger charge is -2.29. The van der Waals surface area contributed by atoms with Gasteiger partial charge in [0.15, 0.2) is 5.75 Å². The van der Waals surface area contributed by atoms with Crippen LogP contribution in [0.1, 0.15) is 0 Å². The molecule has 0 fully saturated rings. The molecule has 0 unspecified atom stereocenters. The average Bonchev–Trinajstić information content (AvgIpc) is 2.57. The minimum Gasteiger partial charge on any atom is -0.423 e. The Morgan fingerprint density at radius 3 is 2.62 bits per heavy atom. The van der Waals surface area contributed by atoms with E-state index in [-0.39, 0.29) is 23.7 Å². The highest BCUT2D eigenvalue weighted by Gasteiger charge is 2.28. The van der Waals surface area contributed by atoms with E-state index < -0.39 is 40.7 Å². The number of nitro groups is 1. The van der Waals surface area contributed by atoms with Gasteiger partial charge in [-0.25, -0.2) is 13.6 Å². The number of halogens is 2. The van der Waals surface area contributed by atoms with Gasteiger partial charge in [-0.1, -0.05) is 6.07 Å². The summed E-state index contributed by atoms with van der Waals surface area (Å²) in [4.78, 5) is 35.3. The first-order chi connectivity index (χ1) is 12.3. The van der Waals surface area contributed by atoms with E-state index in [2.05, 4.69) is 5.32 Å². The second-order valence-electron chi connectivity index (χ2n) is 5.38. The largest absolute Gasteiger partial charge is 0.423 e. The van der Waals surface area contributed by atoms with E-state index in [1.807, 2.05) is 0 Å². The van der Waals surface area contributed by atoms with Crippen molar-refractivity contribution < 1.29 is 28.0 Å². The Labute approximate surface area is 145 Å². The van der Waals surface area contributed by atoms with E-state index in [4.69, 9.17) is 4.74 Å². The molecule has 1 heterocycles. The Kier molecular flexibility index (Phi) is 4.48. The summed E-state index contributed by atoms with van der Waals surface area (Å²) in [6.45, 7) is -0.703. The molecular formula is C16H11F2N3O5. The number of hydrogen-bond acceptors (Lipinski definition) is 6. The lowest BCUT2D eigenvalue weighted by atomic mass is 10.2. The summed E-state index contributed by atoms with van der Waals surface area (Å²) in [6.07, 6.45) is 0. The molecule has 2 aromatic rings. The van der Waals surface area contributed by atoms with E-state index in [0.29, 0.717) is 0 Å². The molecule has 0 radical (unpaired) electrons. The Hall–Kier alpha value is -3.56. The fraction of sp³-hybridized carbons (Fsp3) is 0.125. The van der Waals surface area contributed by atoms with Crippen LogP contribution in [0.5, 0.6) is 5.75 Å². The fourth-order valence-electron chi connectivity index (χ4n) is 2.47. The van der Waals surface area contributed by atoms with Gasteiger partial charge in [0.2, 0.25) is 5.91 Å². The first-order valence-electron chi connectivity index (χ1n) is 7.33. The van der Waals surface area contributed by atoms with Crippen LogP contribution in [-0.2, 0) is 9.59 Å². The van der Waals surface area contributed by atoms with Crippen molar-refractivity contribution in [2.45, 2.75) is 0 Å². The molecule has 8 nitrogen and oxygen atoms in total. The highest BCUT2D eigenvalue weighted by atomic mass is 19.1. The van der Waals surface area contributed by atoms with Gasteiger partial charge in [0, 0.05) is 6.07 Å². The summed E-state index contributed by atoms with van der Waals surface area (Å²) in [5, 5.41) is 12.9. The van der Waals surface area contributed by atoms with E-state index >= 15 is 0 Å². The number of nitrogens with zero attached hydrogens (tertiary/aromatic N) is 2. The lowest BCUT2D eigenvalue weighted by Crippen LogP contribution is -2.41. The van der Waals surface area contributed by atoms with E-state index in [0.717, 1.165) is 24.3 Å². The van der Waals surface area contributed by atoms with Crippen LogP contribution < -0.4 is 15.0 Å². The number of fused-ring (bicyclic) bond motifs is 1. The molecule has 10 heteroatoms. The molecule has 0 aromatic heterocycles. The smallest absolute Gasteiger partial charge is 0.331 e. The summed E-state index contributed by atoms with van der Waals surface area (Å²) in [6, 6.07) is 6.73. The third-order valence-electron chi connectivity index (χ3n) is 3.60. The first-order valence-corrected chi connectivity index (χ1v) is 7.33. The van der Waals surface area contributed by atoms with Crippen LogP contribution in [-0.4, -0.2) is 29.9 Å². The standard InChI is InChI=1S/C16H11F2N3O5/c17-10-2-1-3-11(18)16(10)19-14(22)7-20-8-15(23)26-13-6-9(21(24)25)4-5-12(13)20/h1-6H,7-8H2,(H,19,22). The van der Waals surface area contributed by atoms with Gasteiger partial charge in [-0.15, -0.1) is 0 Å². The van der Waals surface area contributed by atoms with Crippen LogP contribution in [0.25, 0.3) is 0 Å². The minimum absolute atomic E-state index is 0.0691. The highest BCUT2D eigenvalue weighted by Crippen LogP contribution is 2.35. The number of hydrogen-bond donors (Lipinski definition) is 1. The van der Waals surface area contributed by atoms with Gasteiger partial charge in [-0.05, 0) is 18.2 Å². The molecule has 0 bridgehead atoms. The number of anilines is 2. The van der Waals surface area contributed by atoms with Crippen LogP contribution in [0.4, 0.5) is 25.8 Å². The summed E-state index contributed by atoms with van der Waals surface area (Å²) in [5.74, 6) is -3.43. The van der Waals surface area contributed by atoms with Gasteiger partial charge < -0.3 is 15.0 Å². The molecule has 2 aromatic carbocycles. The number of para-hydroxylation sites is 1. The summed E-state index contributed by atoms with van der Waals surface area (Å²) >= 11 is 0. The number of esters is 1. The number of benzene rings is 2. The molecule has 0 saturated carbocycles. The monoisotopic (exact) mass is 363 g/mol. The van der Waals surface area contributed by atoms with Crippen molar-refractivity contribution in [3.8, 4) is 5.75 Å². The van der Waals surface area contributed by atoms with Crippen LogP contribution in [0, 0.1) is 21.7 Å². The fourth-order valence-corrected chi connectivity index (χ4v) is 2.47. The van der Waals surface area contributed by atoms with Gasteiger partial charge in [0.25, 0.3) is 5.69 Å². The van der Waals surface area contributed by atoms with Crippen molar-refractivity contribution in [2.75, 3.05) is 23.3 Å². The van der Waals surface area contributed by atoms with Gasteiger partial charge in [0.1, 0.15) is 23.9 Å². The molecule has 1 aliphatic heterocycles. The first kappa shape index (κ1) is 17.3. The molecule has 3 rings (SSSR count). The Morgan fingerprint density at radius 2 is 1.96 bits per heavy atom. The predicted molar refractivity (Wildman–Crippen MR) is 85.9 cm³/mol. The number of carbonyl (C=O) groups excluding carboxylic acids is 2. The van der Waals surface area contributed by atoms with Crippen LogP contribution in [0.2, 0.25) is 0 Å². The maximum Gasteiger partial charge on any atom is 0.331 e. The number of amides is 1. The normalized spacial score (nSPS) is 13.0. The number of nitrogens with one attached hydrogen (secondary N) is 1. The molecule has 1 aliphatic rings. The van der Waals surface area contributed by atoms with E-state index in [1.165, 1.54) is 17.0 Å². The SMILES string of the molecule is O=C(CN1CC(=O)Oc2cc([N+](=O)[O-])ccc21)Nc1c(F)cccc1F. The Morgan fingerprint density at radius 1 is 1.27 bits per heavy atom. The molecule has 0 atom stereocenters. The molecule has 26 heavy (non-hydrogen) atoms. The highest BCUT2D eigenvalue weighted by molar-refractivity contribution is 5.96. The molecule has 0 spiro atoms. The van der Waals surface area contributed by atoms with E-state index in [9.17, 15) is 28.5 Å². The molecular weight excluding hydrogens is 352 g/mol. The number of carbonyl (C=O) groups is 2. The van der Waals surface area contributed by atoms with Gasteiger partial charge in [-0.3, -0.25) is 14.9 Å². The summed E-state index contributed by atoms with van der Waals surface area (Å²) < 4.78 is 32.2. The number of ether oxygens (including phenoxy) is 1. The van der Waals surface area contributed by atoms with Crippen LogP contribution in [0.3, 0.4) is 0 Å². The second kappa shape index (κ2) is 6.75. The van der Waals surface area contributed by atoms with Crippen molar-refractivity contribution in [3.63, 3.8) is 0 Å². The predicted octanol–water partition coefficient (Wildman–Crippen LogP) is 2.24. The number of non-ortho nitro benzene ring substituents is 1. The summed E-state index contributed by atoms with van der Waals surface area (Å²) in [7, 11) is 0. The Bertz CT molecular complexity index is 899. The zero-order chi connectivity index (χ0) is 18.8. The van der Waals surface area contributed by atoms with Crippen molar-refractivity contribution in [1.82, 2.24) is 0 Å². The van der Waals surface area contributed by atoms with Crippen LogP contribution in [0.15, 0.2) is 36.4 Å². The molecule has 1 N–H and O–H groups in total. The number of nitro benzene ring substituents is 1. The number of rotatable bonds is 4. The maximum atomic E-state index is 13.6. The quantitative estimate of drug-likeness (QED) is 0.387. The van der Waals surface area contributed by atoms with Crippen molar-refractivity contribution in [2.24, 2.45) is 0 Å². The summed E-state index contributed by atoms with van der Waals surface area (Å²) in [5.41, 5.74) is -0.600. The van der Waals surface area contributed by atoms with Crippen LogP contribution >= 0.6 is 0 Å². The van der Waals surface area contributed by atoms with Gasteiger partial charge in [-0.2, -0.15) is 0 Å². The molecule has 1 amide bonds. The van der Waals surface area contributed by atoms with E-state index in [1.54, 1.807) is 0 Å². The van der Waals surface area contributed by atoms with Gasteiger partial charge in [0.05, 0.1) is 23.2 Å². The molecule has 0 aliphatic carbocycles. The third kappa shape index (κ3) is 3.43. The molecule has 0 saturated heterocycles. The third-order valence-corrected chi connectivity index (χ3v) is 3.60. The topological polar surface area (TPSA) is 102 Å². The van der Waals surface area contributed by atoms with Crippen molar-refractivity contribution >= 4 is 28.9 Å². The zero-order valence-electron chi connectivity index (χ0n) is 13.1. The van der Waals surface area contributed by atoms with Gasteiger partial charge >= 0.3 is 5.97 Å². The van der Waals surface area contributed by atoms with Crippen molar-refractivity contribution in [3.05, 3.63) is 58.1 Å². The van der Waals surface area contributed by atoms with Crippen molar-refractivity contribution in [1.29, 1.82) is 0 Å². The lowest BCUT2D eigenvalue weighted by molar-refractivity contribution is -0.384. The maximum absolute atomic E-state index is 13.6.